The Balaban J connectivity index is 1.51. The Kier molecular flexibility index (Phi) is 5.57. The van der Waals surface area contributed by atoms with Crippen molar-refractivity contribution in [2.45, 2.75) is 20.8 Å². The summed E-state index contributed by atoms with van der Waals surface area (Å²) in [4.78, 5) is 23.6. The third kappa shape index (κ3) is 4.20. The van der Waals surface area contributed by atoms with Gasteiger partial charge in [-0.25, -0.2) is 9.97 Å². The number of aromatic nitrogens is 2. The lowest BCUT2D eigenvalue weighted by atomic mass is 10.0. The average molecular weight is 473 g/mol. The third-order valence-corrected chi connectivity index (χ3v) is 6.97. The summed E-state index contributed by atoms with van der Waals surface area (Å²) in [5, 5.41) is 13.4. The van der Waals surface area contributed by atoms with Crippen LogP contribution in [0.25, 0.3) is 11.3 Å². The number of hydrazone groups is 2. The van der Waals surface area contributed by atoms with E-state index in [4.69, 9.17) is 0 Å². The van der Waals surface area contributed by atoms with E-state index >= 15 is 0 Å². The first-order valence-electron chi connectivity index (χ1n) is 10.3. The molecular weight excluding hydrogens is 452 g/mol. The van der Waals surface area contributed by atoms with Gasteiger partial charge in [0, 0.05) is 21.4 Å². The number of hydrogen-bond donors (Lipinski definition) is 1. The van der Waals surface area contributed by atoms with E-state index in [0.717, 1.165) is 33.0 Å². The number of nitrogens with zero attached hydrogens (tertiary/aromatic N) is 5. The maximum atomic E-state index is 13.4. The molecular formula is C24H20N6OS2. The second kappa shape index (κ2) is 8.68. The van der Waals surface area contributed by atoms with E-state index in [2.05, 4.69) is 25.6 Å². The molecule has 0 bridgehead atoms. The molecule has 7 nitrogen and oxygen atoms in total. The Labute approximate surface area is 199 Å². The number of rotatable bonds is 5. The summed E-state index contributed by atoms with van der Waals surface area (Å²) >= 11 is 2.86. The zero-order valence-electron chi connectivity index (χ0n) is 18.2. The van der Waals surface area contributed by atoms with Crippen LogP contribution in [-0.4, -0.2) is 27.3 Å². The minimum Gasteiger partial charge on any atom is -0.265 e. The van der Waals surface area contributed by atoms with Crippen molar-refractivity contribution < 1.29 is 4.79 Å². The van der Waals surface area contributed by atoms with Crippen LogP contribution in [0, 0.1) is 20.8 Å². The van der Waals surface area contributed by atoms with E-state index in [9.17, 15) is 4.79 Å². The Bertz CT molecular complexity index is 1370. The molecule has 1 aliphatic heterocycles. The quantitative estimate of drug-likeness (QED) is 0.394. The van der Waals surface area contributed by atoms with Gasteiger partial charge in [-0.15, -0.1) is 22.7 Å². The first-order chi connectivity index (χ1) is 16.0. The van der Waals surface area contributed by atoms with Crippen molar-refractivity contribution in [3.05, 3.63) is 81.7 Å². The molecule has 0 fully saturated rings. The van der Waals surface area contributed by atoms with Gasteiger partial charge in [-0.1, -0.05) is 60.2 Å². The lowest BCUT2D eigenvalue weighted by molar-refractivity contribution is -0.112. The smallest absolute Gasteiger partial charge is 0.265 e. The molecule has 1 amide bonds. The molecule has 3 heterocycles. The number of nitrogens with one attached hydrogen (secondary N) is 1. The second-order valence-corrected chi connectivity index (χ2v) is 9.59. The van der Waals surface area contributed by atoms with E-state index < -0.39 is 0 Å². The average Bonchev–Trinajstić information content (AvgIpc) is 3.51. The SMILES string of the molecule is Cc1ccc(C2=NN(c3nc(-c4ccccc4)cs3)C(=O)/C2=N\Nc2nc(C)c(C)s2)cc1. The van der Waals surface area contributed by atoms with Gasteiger partial charge in [0.25, 0.3) is 0 Å². The van der Waals surface area contributed by atoms with E-state index in [1.165, 1.54) is 27.7 Å². The van der Waals surface area contributed by atoms with Crippen molar-refractivity contribution in [3.8, 4) is 11.3 Å². The topological polar surface area (TPSA) is 82.8 Å². The number of carbonyl (C=O) groups is 1. The monoisotopic (exact) mass is 472 g/mol. The molecule has 0 radical (unpaired) electrons. The molecule has 5 rings (SSSR count). The van der Waals surface area contributed by atoms with E-state index in [-0.39, 0.29) is 11.6 Å². The van der Waals surface area contributed by atoms with Crippen LogP contribution in [-0.2, 0) is 4.79 Å². The molecule has 2 aromatic carbocycles. The standard InChI is InChI=1S/C24H20N6OS2/c1-14-9-11-18(12-10-14)20-21(27-28-23-25-15(2)16(3)33-23)22(31)30(29-20)24-26-19(13-32-24)17-7-5-4-6-8-17/h4-13H,1-3H3,(H,25,28)/b27-21-. The molecule has 1 aliphatic rings. The zero-order chi connectivity index (χ0) is 22.9. The Morgan fingerprint density at radius 1 is 0.939 bits per heavy atom. The maximum Gasteiger partial charge on any atom is 0.303 e. The number of amides is 1. The van der Waals surface area contributed by atoms with Crippen LogP contribution in [0.2, 0.25) is 0 Å². The summed E-state index contributed by atoms with van der Waals surface area (Å²) in [5.41, 5.74) is 8.31. The zero-order valence-corrected chi connectivity index (χ0v) is 19.9. The molecule has 0 atom stereocenters. The van der Waals surface area contributed by atoms with E-state index in [1.54, 1.807) is 0 Å². The summed E-state index contributed by atoms with van der Waals surface area (Å²) in [6, 6.07) is 17.7. The number of thiazole rings is 2. The molecule has 9 heteroatoms. The molecule has 33 heavy (non-hydrogen) atoms. The molecule has 0 saturated heterocycles. The second-order valence-electron chi connectivity index (χ2n) is 7.55. The van der Waals surface area contributed by atoms with Crippen LogP contribution < -0.4 is 10.4 Å². The summed E-state index contributed by atoms with van der Waals surface area (Å²) in [5.74, 6) is -0.336. The highest BCUT2D eigenvalue weighted by molar-refractivity contribution is 7.15. The molecule has 1 N–H and O–H groups in total. The Morgan fingerprint density at radius 3 is 2.39 bits per heavy atom. The summed E-state index contributed by atoms with van der Waals surface area (Å²) in [6.45, 7) is 5.96. The first-order valence-corrected chi connectivity index (χ1v) is 12.0. The number of carbonyl (C=O) groups excluding carboxylic acids is 1. The van der Waals surface area contributed by atoms with Gasteiger partial charge in [-0.3, -0.25) is 10.2 Å². The van der Waals surface area contributed by atoms with Gasteiger partial charge in [-0.2, -0.15) is 15.2 Å². The van der Waals surface area contributed by atoms with Gasteiger partial charge in [0.2, 0.25) is 10.3 Å². The van der Waals surface area contributed by atoms with E-state index in [0.29, 0.717) is 16.0 Å². The van der Waals surface area contributed by atoms with Crippen LogP contribution in [0.5, 0.6) is 0 Å². The molecule has 2 aromatic heterocycles. The fraction of sp³-hybridized carbons (Fsp3) is 0.125. The fourth-order valence-corrected chi connectivity index (χ4v) is 4.80. The largest absolute Gasteiger partial charge is 0.303 e. The van der Waals surface area contributed by atoms with Crippen LogP contribution in [0.1, 0.15) is 21.7 Å². The van der Waals surface area contributed by atoms with Crippen molar-refractivity contribution >= 4 is 50.3 Å². The Morgan fingerprint density at radius 2 is 1.70 bits per heavy atom. The van der Waals surface area contributed by atoms with Crippen molar-refractivity contribution in [2.24, 2.45) is 10.2 Å². The summed E-state index contributed by atoms with van der Waals surface area (Å²) in [6.07, 6.45) is 0. The maximum absolute atomic E-state index is 13.4. The number of hydrogen-bond acceptors (Lipinski definition) is 8. The van der Waals surface area contributed by atoms with Crippen LogP contribution in [0.15, 0.2) is 70.2 Å². The van der Waals surface area contributed by atoms with Crippen molar-refractivity contribution in [1.29, 1.82) is 0 Å². The van der Waals surface area contributed by atoms with Crippen molar-refractivity contribution in [2.75, 3.05) is 10.4 Å². The van der Waals surface area contributed by atoms with Gasteiger partial charge in [0.15, 0.2) is 5.71 Å². The molecule has 0 saturated carbocycles. The number of anilines is 2. The minimum atomic E-state index is -0.336. The van der Waals surface area contributed by atoms with Gasteiger partial charge < -0.3 is 0 Å². The predicted octanol–water partition coefficient (Wildman–Crippen LogP) is 5.41. The predicted molar refractivity (Wildman–Crippen MR) is 135 cm³/mol. The molecule has 0 spiro atoms. The van der Waals surface area contributed by atoms with Crippen LogP contribution in [0.3, 0.4) is 0 Å². The normalized spacial score (nSPS) is 14.8. The lowest BCUT2D eigenvalue weighted by Gasteiger charge is -2.06. The van der Waals surface area contributed by atoms with Crippen LogP contribution in [0.4, 0.5) is 10.3 Å². The fourth-order valence-electron chi connectivity index (χ4n) is 3.26. The molecule has 4 aromatic rings. The van der Waals surface area contributed by atoms with Crippen LogP contribution >= 0.6 is 22.7 Å². The molecule has 0 unspecified atom stereocenters. The highest BCUT2D eigenvalue weighted by atomic mass is 32.1. The van der Waals surface area contributed by atoms with E-state index in [1.807, 2.05) is 80.7 Å². The highest BCUT2D eigenvalue weighted by Gasteiger charge is 2.36. The summed E-state index contributed by atoms with van der Waals surface area (Å²) < 4.78 is 0. The molecule has 0 aliphatic carbocycles. The first kappa shape index (κ1) is 21.2. The number of benzene rings is 2. The number of aryl methyl sites for hydroxylation is 3. The Hall–Kier alpha value is -3.69. The molecule has 164 valence electrons. The van der Waals surface area contributed by atoms with Crippen molar-refractivity contribution in [1.82, 2.24) is 9.97 Å². The van der Waals surface area contributed by atoms with Gasteiger partial charge in [0.1, 0.15) is 5.71 Å². The highest BCUT2D eigenvalue weighted by Crippen LogP contribution is 2.30. The van der Waals surface area contributed by atoms with Gasteiger partial charge >= 0.3 is 5.91 Å². The third-order valence-electron chi connectivity index (χ3n) is 5.18. The van der Waals surface area contributed by atoms with Gasteiger partial charge in [0.05, 0.1) is 11.4 Å². The lowest BCUT2D eigenvalue weighted by Crippen LogP contribution is -2.28. The summed E-state index contributed by atoms with van der Waals surface area (Å²) in [7, 11) is 0. The minimum absolute atomic E-state index is 0.223. The van der Waals surface area contributed by atoms with Crippen molar-refractivity contribution in [3.63, 3.8) is 0 Å². The van der Waals surface area contributed by atoms with Gasteiger partial charge in [-0.05, 0) is 20.8 Å².